The molecule has 110 valence electrons. The zero-order valence-electron chi connectivity index (χ0n) is 12.8. The molecule has 0 bridgehead atoms. The topological polar surface area (TPSA) is 52.7 Å². The summed E-state index contributed by atoms with van der Waals surface area (Å²) in [5.41, 5.74) is 0.0171. The second-order valence-corrected chi connectivity index (χ2v) is 6.71. The number of hydrogen-bond donors (Lipinski definition) is 1. The fraction of sp³-hybridized carbons (Fsp3) is 0.857. The number of piperazine rings is 1. The first kappa shape index (κ1) is 15.8. The number of amides is 3. The van der Waals surface area contributed by atoms with E-state index in [1.54, 1.807) is 4.90 Å². The van der Waals surface area contributed by atoms with Gasteiger partial charge in [-0.25, -0.2) is 4.79 Å². The second kappa shape index (κ2) is 6.26. The average Bonchev–Trinajstić information content (AvgIpc) is 2.26. The lowest BCUT2D eigenvalue weighted by atomic mass is 9.91. The summed E-state index contributed by atoms with van der Waals surface area (Å²) in [5, 5.41) is 2.88. The van der Waals surface area contributed by atoms with Crippen LogP contribution in [-0.2, 0) is 4.79 Å². The van der Waals surface area contributed by atoms with Gasteiger partial charge < -0.3 is 15.1 Å². The lowest BCUT2D eigenvalue weighted by Crippen LogP contribution is -2.54. The highest BCUT2D eigenvalue weighted by Gasteiger charge is 2.26. The molecule has 5 heteroatoms. The monoisotopic (exact) mass is 269 g/mol. The van der Waals surface area contributed by atoms with Gasteiger partial charge in [-0.1, -0.05) is 20.8 Å². The van der Waals surface area contributed by atoms with Crippen molar-refractivity contribution in [2.45, 2.75) is 47.1 Å². The molecule has 0 radical (unpaired) electrons. The highest BCUT2D eigenvalue weighted by molar-refractivity contribution is 5.78. The van der Waals surface area contributed by atoms with Crippen molar-refractivity contribution in [1.29, 1.82) is 0 Å². The zero-order chi connectivity index (χ0) is 14.6. The maximum absolute atomic E-state index is 12.1. The van der Waals surface area contributed by atoms with Crippen LogP contribution in [0, 0.1) is 5.41 Å². The van der Waals surface area contributed by atoms with Crippen LogP contribution in [0.25, 0.3) is 0 Å². The van der Waals surface area contributed by atoms with E-state index in [1.165, 1.54) is 0 Å². The normalized spacial score (nSPS) is 16.7. The summed E-state index contributed by atoms with van der Waals surface area (Å²) in [6.45, 7) is 12.6. The van der Waals surface area contributed by atoms with Gasteiger partial charge in [0.2, 0.25) is 5.91 Å². The quantitative estimate of drug-likeness (QED) is 0.829. The highest BCUT2D eigenvalue weighted by atomic mass is 16.2. The van der Waals surface area contributed by atoms with Crippen LogP contribution < -0.4 is 5.32 Å². The molecule has 0 aliphatic carbocycles. The van der Waals surface area contributed by atoms with Crippen molar-refractivity contribution in [3.05, 3.63) is 0 Å². The largest absolute Gasteiger partial charge is 0.339 e. The minimum absolute atomic E-state index is 0.0171. The summed E-state index contributed by atoms with van der Waals surface area (Å²) < 4.78 is 0. The number of carbonyl (C=O) groups is 2. The number of nitrogens with one attached hydrogen (secondary N) is 1. The number of nitrogens with zero attached hydrogens (tertiary/aromatic N) is 2. The van der Waals surface area contributed by atoms with E-state index in [2.05, 4.69) is 26.1 Å². The Morgan fingerprint density at radius 3 is 1.95 bits per heavy atom. The van der Waals surface area contributed by atoms with Crippen LogP contribution in [0.5, 0.6) is 0 Å². The molecule has 1 aliphatic rings. The Kier molecular flexibility index (Phi) is 5.20. The second-order valence-electron chi connectivity index (χ2n) is 6.71. The van der Waals surface area contributed by atoms with E-state index in [1.807, 2.05) is 18.7 Å². The van der Waals surface area contributed by atoms with E-state index >= 15 is 0 Å². The molecular formula is C14H27N3O2. The summed E-state index contributed by atoms with van der Waals surface area (Å²) in [7, 11) is 0. The fourth-order valence-corrected chi connectivity index (χ4v) is 2.06. The van der Waals surface area contributed by atoms with Gasteiger partial charge >= 0.3 is 6.03 Å². The van der Waals surface area contributed by atoms with Crippen LogP contribution in [0.2, 0.25) is 0 Å². The Bertz CT molecular complexity index is 326. The molecular weight excluding hydrogens is 242 g/mol. The molecule has 19 heavy (non-hydrogen) atoms. The predicted octanol–water partition coefficient (Wildman–Crippen LogP) is 1.68. The van der Waals surface area contributed by atoms with Crippen LogP contribution in [0.1, 0.15) is 41.0 Å². The molecule has 0 atom stereocenters. The summed E-state index contributed by atoms with van der Waals surface area (Å²) in [4.78, 5) is 27.5. The first-order valence-electron chi connectivity index (χ1n) is 7.02. The Morgan fingerprint density at radius 2 is 1.53 bits per heavy atom. The first-order chi connectivity index (χ1) is 8.69. The summed E-state index contributed by atoms with van der Waals surface area (Å²) in [5.74, 6) is 0.191. The number of carbonyl (C=O) groups excluding carboxylic acids is 2. The maximum atomic E-state index is 12.1. The van der Waals surface area contributed by atoms with Crippen LogP contribution >= 0.6 is 0 Å². The fourth-order valence-electron chi connectivity index (χ4n) is 2.06. The molecule has 1 heterocycles. The molecule has 0 aromatic carbocycles. The smallest absolute Gasteiger partial charge is 0.317 e. The molecule has 0 aromatic rings. The number of rotatable bonds is 2. The van der Waals surface area contributed by atoms with E-state index in [0.717, 1.165) is 0 Å². The standard InChI is InChI=1S/C14H27N3O2/c1-11(2)15-13(19)17-8-6-16(7-9-17)12(18)10-14(3,4)5/h11H,6-10H2,1-5H3,(H,15,19). The van der Waals surface area contributed by atoms with Gasteiger partial charge in [0.15, 0.2) is 0 Å². The molecule has 1 rings (SSSR count). The van der Waals surface area contributed by atoms with Crippen molar-refractivity contribution >= 4 is 11.9 Å². The summed E-state index contributed by atoms with van der Waals surface area (Å²) in [6, 6.07) is 0.117. The third-order valence-corrected chi connectivity index (χ3v) is 3.01. The van der Waals surface area contributed by atoms with Crippen molar-refractivity contribution in [3.63, 3.8) is 0 Å². The minimum atomic E-state index is -0.0297. The third kappa shape index (κ3) is 5.49. The SMILES string of the molecule is CC(C)NC(=O)N1CCN(C(=O)CC(C)(C)C)CC1. The van der Waals surface area contributed by atoms with E-state index in [4.69, 9.17) is 0 Å². The molecule has 1 N–H and O–H groups in total. The van der Waals surface area contributed by atoms with Gasteiger partial charge in [0, 0.05) is 38.6 Å². The van der Waals surface area contributed by atoms with Crippen LogP contribution in [0.4, 0.5) is 4.79 Å². The molecule has 0 saturated carbocycles. The van der Waals surface area contributed by atoms with Crippen molar-refractivity contribution in [3.8, 4) is 0 Å². The molecule has 0 aromatic heterocycles. The van der Waals surface area contributed by atoms with Gasteiger partial charge in [-0.3, -0.25) is 4.79 Å². The lowest BCUT2D eigenvalue weighted by Gasteiger charge is -2.36. The van der Waals surface area contributed by atoms with Crippen LogP contribution in [0.15, 0.2) is 0 Å². The predicted molar refractivity (Wildman–Crippen MR) is 75.9 cm³/mol. The zero-order valence-corrected chi connectivity index (χ0v) is 12.8. The Morgan fingerprint density at radius 1 is 1.05 bits per heavy atom. The third-order valence-electron chi connectivity index (χ3n) is 3.01. The maximum Gasteiger partial charge on any atom is 0.317 e. The first-order valence-corrected chi connectivity index (χ1v) is 7.02. The van der Waals surface area contributed by atoms with Crippen LogP contribution in [0.3, 0.4) is 0 Å². The molecule has 1 fully saturated rings. The average molecular weight is 269 g/mol. The van der Waals surface area contributed by atoms with Gasteiger partial charge in [0.25, 0.3) is 0 Å². The molecule has 0 spiro atoms. The number of urea groups is 1. The Balaban J connectivity index is 2.40. The van der Waals surface area contributed by atoms with E-state index < -0.39 is 0 Å². The van der Waals surface area contributed by atoms with E-state index in [0.29, 0.717) is 32.6 Å². The Hall–Kier alpha value is -1.26. The lowest BCUT2D eigenvalue weighted by molar-refractivity contribution is -0.134. The highest BCUT2D eigenvalue weighted by Crippen LogP contribution is 2.20. The summed E-state index contributed by atoms with van der Waals surface area (Å²) in [6.07, 6.45) is 0.561. The van der Waals surface area contributed by atoms with Gasteiger partial charge in [-0.2, -0.15) is 0 Å². The van der Waals surface area contributed by atoms with Gasteiger partial charge in [0.05, 0.1) is 0 Å². The molecule has 1 aliphatic heterocycles. The molecule has 0 unspecified atom stereocenters. The molecule has 5 nitrogen and oxygen atoms in total. The van der Waals surface area contributed by atoms with E-state index in [9.17, 15) is 9.59 Å². The van der Waals surface area contributed by atoms with Crippen molar-refractivity contribution in [1.82, 2.24) is 15.1 Å². The van der Waals surface area contributed by atoms with Crippen molar-refractivity contribution in [2.75, 3.05) is 26.2 Å². The van der Waals surface area contributed by atoms with Gasteiger partial charge in [0.1, 0.15) is 0 Å². The molecule has 3 amide bonds. The molecule has 1 saturated heterocycles. The minimum Gasteiger partial charge on any atom is -0.339 e. The van der Waals surface area contributed by atoms with Gasteiger partial charge in [-0.15, -0.1) is 0 Å². The summed E-state index contributed by atoms with van der Waals surface area (Å²) >= 11 is 0. The van der Waals surface area contributed by atoms with E-state index in [-0.39, 0.29) is 23.4 Å². The number of hydrogen-bond acceptors (Lipinski definition) is 2. The van der Waals surface area contributed by atoms with Gasteiger partial charge in [-0.05, 0) is 19.3 Å². The van der Waals surface area contributed by atoms with Crippen molar-refractivity contribution in [2.24, 2.45) is 5.41 Å². The Labute approximate surface area is 116 Å². The van der Waals surface area contributed by atoms with Crippen LogP contribution in [-0.4, -0.2) is 54.0 Å². The van der Waals surface area contributed by atoms with Crippen molar-refractivity contribution < 1.29 is 9.59 Å².